The molecule has 0 aliphatic heterocycles. The van der Waals surface area contributed by atoms with Crippen LogP contribution in [0.25, 0.3) is 16.6 Å². The van der Waals surface area contributed by atoms with Crippen molar-refractivity contribution in [2.45, 2.75) is 6.92 Å². The van der Waals surface area contributed by atoms with Gasteiger partial charge in [-0.2, -0.15) is 0 Å². The normalized spacial score (nSPS) is 10.6. The third-order valence-corrected chi connectivity index (χ3v) is 4.68. The Hall–Kier alpha value is -4.00. The van der Waals surface area contributed by atoms with E-state index >= 15 is 0 Å². The summed E-state index contributed by atoms with van der Waals surface area (Å²) in [4.78, 5) is 19.8. The molecule has 2 heterocycles. The van der Waals surface area contributed by atoms with Gasteiger partial charge < -0.3 is 15.0 Å². The Morgan fingerprint density at radius 1 is 1.03 bits per heavy atom. The molecule has 0 spiro atoms. The second-order valence-corrected chi connectivity index (χ2v) is 6.74. The van der Waals surface area contributed by atoms with Crippen LogP contribution in [0.4, 0.5) is 11.5 Å². The van der Waals surface area contributed by atoms with E-state index in [2.05, 4.69) is 31.8 Å². The number of nitrogens with one attached hydrogen (secondary N) is 1. The molecule has 0 unspecified atom stereocenters. The summed E-state index contributed by atoms with van der Waals surface area (Å²) in [7, 11) is 3.77. The highest BCUT2D eigenvalue weighted by atomic mass is 16.5. The summed E-state index contributed by atoms with van der Waals surface area (Å²) < 4.78 is 5.90. The summed E-state index contributed by atoms with van der Waals surface area (Å²) in [6, 6.07) is 15.7. The van der Waals surface area contributed by atoms with Crippen molar-refractivity contribution < 1.29 is 4.74 Å². The standard InChI is InChI=1S/C23H22N6O/c1-15(24-3)21-13-26-22(14-25-21)30-18-9-7-8-17(12-18)29(4)23-19-10-5-6-11-20(19)27-16(2)28-23/h5-14,24H,1H2,2-4H3. The molecule has 7 heteroatoms. The van der Waals surface area contributed by atoms with Gasteiger partial charge in [-0.25, -0.2) is 19.9 Å². The van der Waals surface area contributed by atoms with Gasteiger partial charge in [0.1, 0.15) is 23.1 Å². The molecule has 2 aromatic carbocycles. The van der Waals surface area contributed by atoms with Gasteiger partial charge in [-0.3, -0.25) is 0 Å². The maximum Gasteiger partial charge on any atom is 0.237 e. The van der Waals surface area contributed by atoms with Crippen molar-refractivity contribution in [2.24, 2.45) is 0 Å². The molecule has 0 fully saturated rings. The Morgan fingerprint density at radius 2 is 1.87 bits per heavy atom. The first-order valence-electron chi connectivity index (χ1n) is 9.49. The molecule has 0 saturated carbocycles. The molecule has 1 N–H and O–H groups in total. The fraction of sp³-hybridized carbons (Fsp3) is 0.130. The third-order valence-electron chi connectivity index (χ3n) is 4.68. The van der Waals surface area contributed by atoms with Crippen LogP contribution in [0.3, 0.4) is 0 Å². The van der Waals surface area contributed by atoms with Gasteiger partial charge in [-0.05, 0) is 31.2 Å². The van der Waals surface area contributed by atoms with Crippen molar-refractivity contribution in [3.8, 4) is 11.6 Å². The van der Waals surface area contributed by atoms with E-state index in [1.807, 2.05) is 67.4 Å². The zero-order valence-electron chi connectivity index (χ0n) is 17.1. The average Bonchev–Trinajstić information content (AvgIpc) is 2.78. The molecule has 0 aliphatic rings. The van der Waals surface area contributed by atoms with E-state index in [1.165, 1.54) is 0 Å². The highest BCUT2D eigenvalue weighted by Crippen LogP contribution is 2.31. The number of ether oxygens (including phenoxy) is 1. The van der Waals surface area contributed by atoms with Crippen LogP contribution in [-0.4, -0.2) is 34.0 Å². The van der Waals surface area contributed by atoms with Crippen LogP contribution >= 0.6 is 0 Å². The van der Waals surface area contributed by atoms with Crippen LogP contribution in [-0.2, 0) is 0 Å². The van der Waals surface area contributed by atoms with Crippen LogP contribution in [0.15, 0.2) is 67.5 Å². The Kier molecular flexibility index (Phi) is 5.26. The second kappa shape index (κ2) is 8.16. The monoisotopic (exact) mass is 398 g/mol. The molecule has 0 aliphatic carbocycles. The first kappa shape index (κ1) is 19.3. The Balaban J connectivity index is 1.62. The fourth-order valence-corrected chi connectivity index (χ4v) is 3.08. The van der Waals surface area contributed by atoms with Gasteiger partial charge in [-0.1, -0.05) is 24.8 Å². The number of hydrogen-bond acceptors (Lipinski definition) is 7. The highest BCUT2D eigenvalue weighted by Gasteiger charge is 2.13. The lowest BCUT2D eigenvalue weighted by molar-refractivity contribution is 0.460. The van der Waals surface area contributed by atoms with Crippen LogP contribution < -0.4 is 15.0 Å². The summed E-state index contributed by atoms with van der Waals surface area (Å²) in [5.74, 6) is 2.63. The summed E-state index contributed by atoms with van der Waals surface area (Å²) >= 11 is 0. The van der Waals surface area contributed by atoms with E-state index in [0.29, 0.717) is 23.0 Å². The van der Waals surface area contributed by atoms with Gasteiger partial charge >= 0.3 is 0 Å². The zero-order valence-corrected chi connectivity index (χ0v) is 17.1. The molecule has 2 aromatic heterocycles. The molecule has 4 aromatic rings. The molecule has 7 nitrogen and oxygen atoms in total. The molecule has 0 atom stereocenters. The van der Waals surface area contributed by atoms with Crippen molar-refractivity contribution >= 4 is 28.1 Å². The second-order valence-electron chi connectivity index (χ2n) is 6.74. The van der Waals surface area contributed by atoms with Crippen molar-refractivity contribution in [1.82, 2.24) is 25.3 Å². The highest BCUT2D eigenvalue weighted by molar-refractivity contribution is 5.91. The van der Waals surface area contributed by atoms with E-state index < -0.39 is 0 Å². The first-order chi connectivity index (χ1) is 14.5. The van der Waals surface area contributed by atoms with Gasteiger partial charge in [0.15, 0.2) is 0 Å². The van der Waals surface area contributed by atoms with Crippen molar-refractivity contribution in [1.29, 1.82) is 0 Å². The van der Waals surface area contributed by atoms with Crippen LogP contribution in [0, 0.1) is 6.92 Å². The smallest absolute Gasteiger partial charge is 0.237 e. The van der Waals surface area contributed by atoms with Crippen molar-refractivity contribution in [3.63, 3.8) is 0 Å². The number of nitrogens with zero attached hydrogens (tertiary/aromatic N) is 5. The van der Waals surface area contributed by atoms with Crippen LogP contribution in [0.2, 0.25) is 0 Å². The molecule has 0 bridgehead atoms. The number of para-hydroxylation sites is 1. The molecule has 150 valence electrons. The molecule has 0 radical (unpaired) electrons. The lowest BCUT2D eigenvalue weighted by Crippen LogP contribution is -2.13. The van der Waals surface area contributed by atoms with Gasteiger partial charge in [0.05, 0.1) is 23.6 Å². The number of fused-ring (bicyclic) bond motifs is 1. The molecule has 0 amide bonds. The number of aryl methyl sites for hydroxylation is 1. The van der Waals surface area contributed by atoms with Crippen LogP contribution in [0.5, 0.6) is 11.6 Å². The number of anilines is 2. The minimum absolute atomic E-state index is 0.408. The van der Waals surface area contributed by atoms with Gasteiger partial charge in [0.25, 0.3) is 0 Å². The van der Waals surface area contributed by atoms with Gasteiger partial charge in [0.2, 0.25) is 5.88 Å². The molecule has 0 saturated heterocycles. The third kappa shape index (κ3) is 3.91. The first-order valence-corrected chi connectivity index (χ1v) is 9.49. The lowest BCUT2D eigenvalue weighted by Gasteiger charge is -2.21. The Labute approximate surface area is 175 Å². The molecule has 4 rings (SSSR count). The van der Waals surface area contributed by atoms with Crippen molar-refractivity contribution in [2.75, 3.05) is 19.0 Å². The fourth-order valence-electron chi connectivity index (χ4n) is 3.08. The topological polar surface area (TPSA) is 76.1 Å². The largest absolute Gasteiger partial charge is 0.437 e. The maximum atomic E-state index is 5.90. The SMILES string of the molecule is C=C(NC)c1cnc(Oc2cccc(N(C)c3nc(C)nc4ccccc34)c2)cn1. The molecular formula is C23H22N6O. The van der Waals surface area contributed by atoms with E-state index in [4.69, 9.17) is 4.74 Å². The molecular weight excluding hydrogens is 376 g/mol. The molecule has 30 heavy (non-hydrogen) atoms. The predicted octanol–water partition coefficient (Wildman–Crippen LogP) is 4.48. The number of rotatable bonds is 6. The quantitative estimate of drug-likeness (QED) is 0.513. The minimum atomic E-state index is 0.408. The predicted molar refractivity (Wildman–Crippen MR) is 119 cm³/mol. The minimum Gasteiger partial charge on any atom is -0.437 e. The summed E-state index contributed by atoms with van der Waals surface area (Å²) in [5, 5.41) is 3.94. The van der Waals surface area contributed by atoms with E-state index in [9.17, 15) is 0 Å². The average molecular weight is 398 g/mol. The van der Waals surface area contributed by atoms with Crippen LogP contribution in [0.1, 0.15) is 11.5 Å². The number of aromatic nitrogens is 4. The summed E-state index contributed by atoms with van der Waals surface area (Å²) in [5.41, 5.74) is 3.22. The van der Waals surface area contributed by atoms with Crippen molar-refractivity contribution in [3.05, 3.63) is 79.0 Å². The van der Waals surface area contributed by atoms with Gasteiger partial charge in [0, 0.05) is 31.2 Å². The van der Waals surface area contributed by atoms with Gasteiger partial charge in [-0.15, -0.1) is 0 Å². The number of hydrogen-bond donors (Lipinski definition) is 1. The lowest BCUT2D eigenvalue weighted by atomic mass is 10.2. The van der Waals surface area contributed by atoms with E-state index in [1.54, 1.807) is 19.4 Å². The maximum absolute atomic E-state index is 5.90. The Bertz CT molecular complexity index is 1210. The number of benzene rings is 2. The Morgan fingerprint density at radius 3 is 2.63 bits per heavy atom. The summed E-state index contributed by atoms with van der Waals surface area (Å²) in [6.07, 6.45) is 3.20. The zero-order chi connectivity index (χ0) is 21.1. The van der Waals surface area contributed by atoms with E-state index in [0.717, 1.165) is 28.2 Å². The summed E-state index contributed by atoms with van der Waals surface area (Å²) in [6.45, 7) is 5.77. The van der Waals surface area contributed by atoms with E-state index in [-0.39, 0.29) is 0 Å².